The molecule has 16 heteroatoms. The van der Waals surface area contributed by atoms with E-state index in [0.29, 0.717) is 66.3 Å². The molecule has 0 bridgehead atoms. The largest absolute Gasteiger partial charge is 0.387 e. The molecule has 13 nitrogen and oxygen atoms in total. The summed E-state index contributed by atoms with van der Waals surface area (Å²) in [5.74, 6) is -2.79. The maximum absolute atomic E-state index is 15.6. The first-order valence-corrected chi connectivity index (χ1v) is 18.2. The monoisotopic (exact) mass is 765 g/mol. The number of halogens is 3. The first-order valence-electron chi connectivity index (χ1n) is 17.9. The van der Waals surface area contributed by atoms with Gasteiger partial charge in [0.25, 0.3) is 17.7 Å². The zero-order chi connectivity index (χ0) is 38.8. The highest BCUT2D eigenvalue weighted by molar-refractivity contribution is 6.34. The topological polar surface area (TPSA) is 144 Å². The van der Waals surface area contributed by atoms with Gasteiger partial charge in [0.2, 0.25) is 0 Å². The van der Waals surface area contributed by atoms with E-state index in [-0.39, 0.29) is 69.0 Å². The Bertz CT molecular complexity index is 2160. The summed E-state index contributed by atoms with van der Waals surface area (Å²) in [7, 11) is 7.03. The highest BCUT2D eigenvalue weighted by atomic mass is 35.5. The number of piperidine rings is 1. The molecule has 5 atom stereocenters. The summed E-state index contributed by atoms with van der Waals surface area (Å²) in [6, 6.07) is 7.12. The third-order valence-electron chi connectivity index (χ3n) is 11.3. The first-order chi connectivity index (χ1) is 25.6. The van der Waals surface area contributed by atoms with E-state index in [9.17, 15) is 19.5 Å². The normalized spacial score (nSPS) is 22.7. The Hall–Kier alpha value is -4.70. The lowest BCUT2D eigenvalue weighted by Crippen LogP contribution is -2.53. The molecule has 7 rings (SSSR count). The third-order valence-corrected chi connectivity index (χ3v) is 11.6. The summed E-state index contributed by atoms with van der Waals surface area (Å²) in [6.07, 6.45) is 1.27. The van der Waals surface area contributed by atoms with Crippen LogP contribution in [0, 0.1) is 37.3 Å². The average Bonchev–Trinajstić information content (AvgIpc) is 3.53. The van der Waals surface area contributed by atoms with Crippen molar-refractivity contribution in [3.05, 3.63) is 76.0 Å². The molecule has 0 radical (unpaired) electrons. The highest BCUT2D eigenvalue weighted by Crippen LogP contribution is 2.46. The maximum Gasteiger partial charge on any atom is 0.291 e. The summed E-state index contributed by atoms with van der Waals surface area (Å²) in [5, 5.41) is 20.4. The van der Waals surface area contributed by atoms with Gasteiger partial charge < -0.3 is 34.4 Å². The maximum atomic E-state index is 15.6. The number of imidazole rings is 1. The molecular formula is C38H44ClF2N8O5+. The molecule has 1 aliphatic carbocycles. The van der Waals surface area contributed by atoms with Gasteiger partial charge in [-0.2, -0.15) is 5.10 Å². The van der Waals surface area contributed by atoms with Gasteiger partial charge in [0.05, 0.1) is 55.4 Å². The second-order valence-corrected chi connectivity index (χ2v) is 15.6. The number of rotatable bonds is 10. The lowest BCUT2D eigenvalue weighted by atomic mass is 10.00. The van der Waals surface area contributed by atoms with Crippen LogP contribution in [0.1, 0.15) is 38.8 Å². The number of nitrogens with zero attached hydrogens (tertiary/aromatic N) is 6. The van der Waals surface area contributed by atoms with Gasteiger partial charge in [0.1, 0.15) is 12.6 Å². The quantitative estimate of drug-likeness (QED) is 0.209. The van der Waals surface area contributed by atoms with Crippen molar-refractivity contribution in [2.24, 2.45) is 18.9 Å². The Kier molecular flexibility index (Phi) is 9.88. The minimum Gasteiger partial charge on any atom is -0.387 e. The van der Waals surface area contributed by atoms with E-state index in [1.165, 1.54) is 42.1 Å². The summed E-state index contributed by atoms with van der Waals surface area (Å²) in [5.41, 5.74) is 2.48. The molecule has 1 saturated carbocycles. The van der Waals surface area contributed by atoms with Crippen molar-refractivity contribution >= 4 is 35.0 Å². The Labute approximate surface area is 316 Å². The van der Waals surface area contributed by atoms with Crippen LogP contribution in [0.25, 0.3) is 22.4 Å². The van der Waals surface area contributed by atoms with E-state index in [0.717, 1.165) is 0 Å². The number of nitrogens with one attached hydrogen (secondary N) is 2. The molecule has 3 amide bonds. The number of benzene rings is 2. The van der Waals surface area contributed by atoms with Crippen LogP contribution < -0.4 is 10.6 Å². The van der Waals surface area contributed by atoms with E-state index >= 15 is 8.78 Å². The number of anilines is 1. The summed E-state index contributed by atoms with van der Waals surface area (Å²) in [6.45, 7) is 6.08. The van der Waals surface area contributed by atoms with Crippen LogP contribution in [0.2, 0.25) is 5.02 Å². The Morgan fingerprint density at radius 3 is 2.39 bits per heavy atom. The molecule has 0 unspecified atom stereocenters. The van der Waals surface area contributed by atoms with Gasteiger partial charge >= 0.3 is 0 Å². The molecule has 4 aromatic rings. The zero-order valence-corrected chi connectivity index (χ0v) is 31.7. The van der Waals surface area contributed by atoms with Crippen molar-refractivity contribution in [1.82, 2.24) is 29.5 Å². The number of aliphatic hydroxyl groups is 1. The predicted octanol–water partition coefficient (Wildman–Crippen LogP) is 3.79. The molecule has 54 heavy (non-hydrogen) atoms. The molecule has 3 fully saturated rings. The van der Waals surface area contributed by atoms with Crippen LogP contribution in [0.4, 0.5) is 14.5 Å². The summed E-state index contributed by atoms with van der Waals surface area (Å²) < 4.78 is 39.9. The average molecular weight is 766 g/mol. The van der Waals surface area contributed by atoms with Crippen LogP contribution in [-0.4, -0.2) is 117 Å². The smallest absolute Gasteiger partial charge is 0.291 e. The molecule has 2 aromatic heterocycles. The number of likely N-dealkylation sites (N-methyl/N-ethyl adjacent to an activating group) is 1. The molecule has 4 heterocycles. The van der Waals surface area contributed by atoms with E-state index < -0.39 is 23.6 Å². The summed E-state index contributed by atoms with van der Waals surface area (Å²) >= 11 is 6.51. The number of carbonyl (C=O) groups excluding carboxylic acids is 3. The number of fused-ring (bicyclic) bond motifs is 1. The number of quaternary nitrogens is 1. The predicted molar refractivity (Wildman–Crippen MR) is 197 cm³/mol. The standard InChI is InChI=1S/C38H43ClF2N8O5/c1-19-31(20(2)48(45-19)11-12-54-6)25-10-9-24(32(40)33(25)41)29-15-42-35(46(29)3)37(52)43-21-7-8-23(28(39)13-21)36(51)44-34-26-16-47(17-27(26)34)38(53)30-14-22(50)18-49(30,4)5/h7-10,13,15,22,26-27,30,34,50H,11-12,14,16-18H2,1-6H3,(H-,43,44,51,52)/p+1/t22-,26-,27+,30+,34+/m1/s1. The van der Waals surface area contributed by atoms with Crippen LogP contribution in [0.15, 0.2) is 36.5 Å². The number of likely N-dealkylation sites (tertiary alicyclic amines) is 2. The minimum absolute atomic E-state index is 0.0516. The van der Waals surface area contributed by atoms with Crippen molar-refractivity contribution in [3.63, 3.8) is 0 Å². The fourth-order valence-electron chi connectivity index (χ4n) is 8.31. The van der Waals surface area contributed by atoms with Crippen molar-refractivity contribution in [2.75, 3.05) is 52.8 Å². The fourth-order valence-corrected chi connectivity index (χ4v) is 8.57. The number of amides is 3. The van der Waals surface area contributed by atoms with E-state index in [1.807, 2.05) is 19.0 Å². The van der Waals surface area contributed by atoms with Crippen LogP contribution >= 0.6 is 11.6 Å². The minimum atomic E-state index is -1.08. The lowest BCUT2D eigenvalue weighted by molar-refractivity contribution is -0.894. The fraction of sp³-hybridized carbons (Fsp3) is 0.447. The van der Waals surface area contributed by atoms with Gasteiger partial charge in [-0.25, -0.2) is 13.8 Å². The van der Waals surface area contributed by atoms with Crippen molar-refractivity contribution in [2.45, 2.75) is 45.0 Å². The van der Waals surface area contributed by atoms with Crippen LogP contribution in [0.5, 0.6) is 0 Å². The third kappa shape index (κ3) is 6.67. The second-order valence-electron chi connectivity index (χ2n) is 15.2. The van der Waals surface area contributed by atoms with Crippen molar-refractivity contribution in [3.8, 4) is 22.4 Å². The number of methoxy groups -OCH3 is 1. The van der Waals surface area contributed by atoms with Gasteiger partial charge in [-0.05, 0) is 38.1 Å². The van der Waals surface area contributed by atoms with Gasteiger partial charge in [-0.1, -0.05) is 17.7 Å². The Morgan fingerprint density at radius 2 is 1.74 bits per heavy atom. The molecule has 2 aliphatic heterocycles. The highest BCUT2D eigenvalue weighted by Gasteiger charge is 2.59. The molecule has 3 aliphatic rings. The number of ether oxygens (including phenoxy) is 1. The molecule has 2 saturated heterocycles. The van der Waals surface area contributed by atoms with Crippen molar-refractivity contribution < 1.29 is 37.5 Å². The molecule has 2 aromatic carbocycles. The van der Waals surface area contributed by atoms with Crippen LogP contribution in [-0.2, 0) is 23.1 Å². The Balaban J connectivity index is 0.978. The van der Waals surface area contributed by atoms with Crippen LogP contribution in [0.3, 0.4) is 0 Å². The number of carbonyl (C=O) groups is 3. The second kappa shape index (κ2) is 14.2. The van der Waals surface area contributed by atoms with Gasteiger partial charge in [-0.15, -0.1) is 0 Å². The Morgan fingerprint density at radius 1 is 1.06 bits per heavy atom. The number of aryl methyl sites for hydroxylation is 1. The lowest BCUT2D eigenvalue weighted by Gasteiger charge is -2.33. The molecular weight excluding hydrogens is 722 g/mol. The molecule has 0 spiro atoms. The number of aromatic nitrogens is 4. The van der Waals surface area contributed by atoms with Gasteiger partial charge in [-0.3, -0.25) is 19.1 Å². The first kappa shape index (κ1) is 37.6. The SMILES string of the molecule is COCCn1nc(C)c(-c2ccc(-c3cnc(C(=O)Nc4ccc(C(=O)N[C@H]5[C@@H]6CN(C(=O)[C@@H]7C[C@@H](O)C[N+]7(C)C)C[C@@H]65)c(Cl)c4)n3C)c(F)c2F)c1C. The number of hydrogen-bond donors (Lipinski definition) is 3. The van der Waals surface area contributed by atoms with Gasteiger partial charge in [0, 0.05) is 79.6 Å². The zero-order valence-electron chi connectivity index (χ0n) is 31.0. The molecule has 3 N–H and O–H groups in total. The van der Waals surface area contributed by atoms with Gasteiger partial charge in [0.15, 0.2) is 23.5 Å². The number of hydrogen-bond acceptors (Lipinski definition) is 7. The number of aliphatic hydroxyl groups excluding tert-OH is 1. The van der Waals surface area contributed by atoms with Crippen molar-refractivity contribution in [1.29, 1.82) is 0 Å². The van der Waals surface area contributed by atoms with E-state index in [1.54, 1.807) is 31.7 Å². The van der Waals surface area contributed by atoms with E-state index in [4.69, 9.17) is 16.3 Å². The van der Waals surface area contributed by atoms with E-state index in [2.05, 4.69) is 20.7 Å². The molecule has 286 valence electrons. The summed E-state index contributed by atoms with van der Waals surface area (Å²) in [4.78, 5) is 45.7.